The minimum Gasteiger partial charge on any atom is -0.550 e. The number of imidazole rings is 1. The molecule has 4 heteroatoms. The molecule has 4 nitrogen and oxygen atoms in total. The van der Waals surface area contributed by atoms with Crippen LogP contribution in [0.4, 0.5) is 0 Å². The molecule has 1 heterocycles. The zero-order chi connectivity index (χ0) is 14.0. The lowest BCUT2D eigenvalue weighted by Crippen LogP contribution is -2.36. The van der Waals surface area contributed by atoms with E-state index in [1.807, 2.05) is 18.2 Å². The standard InChI is InChI=1S/C12H17N2.C2H4O2/c1-4-7-12-13(8-5-2)10-11-14(12)9-6-3;1-2(3)4/h4-6,10-11H,1-3,7-9H2;1H3,(H,3,4)/q+1;/p-1. The molecule has 0 bridgehead atoms. The van der Waals surface area contributed by atoms with Crippen LogP contribution < -0.4 is 9.67 Å². The molecule has 0 amide bonds. The van der Waals surface area contributed by atoms with Crippen molar-refractivity contribution in [3.8, 4) is 0 Å². The lowest BCUT2D eigenvalue weighted by Gasteiger charge is -1.98. The summed E-state index contributed by atoms with van der Waals surface area (Å²) in [6.07, 6.45) is 10.7. The first-order valence-electron chi connectivity index (χ1n) is 5.64. The van der Waals surface area contributed by atoms with Crippen molar-refractivity contribution in [1.82, 2.24) is 4.57 Å². The number of nitrogens with zero attached hydrogens (tertiary/aromatic N) is 2. The lowest BCUT2D eigenvalue weighted by atomic mass is 10.4. The third kappa shape index (κ3) is 5.84. The average molecular weight is 248 g/mol. The van der Waals surface area contributed by atoms with E-state index in [-0.39, 0.29) is 0 Å². The molecule has 0 atom stereocenters. The molecule has 0 aliphatic carbocycles. The maximum atomic E-state index is 8.89. The second-order valence-corrected chi connectivity index (χ2v) is 3.58. The Labute approximate surface area is 108 Å². The fourth-order valence-electron chi connectivity index (χ4n) is 1.47. The van der Waals surface area contributed by atoms with Crippen molar-refractivity contribution < 1.29 is 14.5 Å². The highest BCUT2D eigenvalue weighted by atomic mass is 16.4. The molecule has 18 heavy (non-hydrogen) atoms. The smallest absolute Gasteiger partial charge is 0.260 e. The predicted octanol–water partition coefficient (Wildman–Crippen LogP) is 0.632. The van der Waals surface area contributed by atoms with Gasteiger partial charge in [-0.05, 0) is 6.92 Å². The first-order valence-corrected chi connectivity index (χ1v) is 5.64. The van der Waals surface area contributed by atoms with Crippen LogP contribution in [-0.4, -0.2) is 10.5 Å². The van der Waals surface area contributed by atoms with Crippen LogP contribution in [0.3, 0.4) is 0 Å². The van der Waals surface area contributed by atoms with Crippen molar-refractivity contribution in [3.63, 3.8) is 0 Å². The Morgan fingerprint density at radius 1 is 1.39 bits per heavy atom. The van der Waals surface area contributed by atoms with E-state index in [2.05, 4.69) is 41.3 Å². The summed E-state index contributed by atoms with van der Waals surface area (Å²) in [6, 6.07) is 0. The topological polar surface area (TPSA) is 48.9 Å². The second-order valence-electron chi connectivity index (χ2n) is 3.58. The summed E-state index contributed by atoms with van der Waals surface area (Å²) in [5.41, 5.74) is 0. The van der Waals surface area contributed by atoms with Crippen LogP contribution in [0.1, 0.15) is 12.7 Å². The van der Waals surface area contributed by atoms with Crippen molar-refractivity contribution in [2.75, 3.05) is 0 Å². The highest BCUT2D eigenvalue weighted by Gasteiger charge is 2.12. The van der Waals surface area contributed by atoms with Crippen LogP contribution >= 0.6 is 0 Å². The van der Waals surface area contributed by atoms with E-state index in [9.17, 15) is 0 Å². The number of hydrogen-bond donors (Lipinski definition) is 0. The van der Waals surface area contributed by atoms with Gasteiger partial charge in [0.25, 0.3) is 5.82 Å². The van der Waals surface area contributed by atoms with Gasteiger partial charge in [0.2, 0.25) is 0 Å². The molecular formula is C14H20N2O2. The average Bonchev–Trinajstić information content (AvgIpc) is 2.63. The van der Waals surface area contributed by atoms with E-state index < -0.39 is 5.97 Å². The third-order valence-corrected chi connectivity index (χ3v) is 2.07. The second kappa shape index (κ2) is 8.98. The van der Waals surface area contributed by atoms with Crippen LogP contribution in [0.15, 0.2) is 50.4 Å². The molecule has 98 valence electrons. The van der Waals surface area contributed by atoms with Crippen LogP contribution in [0.5, 0.6) is 0 Å². The number of carboxylic acids is 1. The number of aliphatic carboxylic acids is 1. The van der Waals surface area contributed by atoms with Gasteiger partial charge in [-0.25, -0.2) is 9.13 Å². The van der Waals surface area contributed by atoms with E-state index >= 15 is 0 Å². The lowest BCUT2D eigenvalue weighted by molar-refractivity contribution is -0.693. The summed E-state index contributed by atoms with van der Waals surface area (Å²) in [7, 11) is 0. The third-order valence-electron chi connectivity index (χ3n) is 2.07. The molecule has 1 aromatic rings. The van der Waals surface area contributed by atoms with Gasteiger partial charge in [0, 0.05) is 5.97 Å². The monoisotopic (exact) mass is 248 g/mol. The quantitative estimate of drug-likeness (QED) is 0.548. The van der Waals surface area contributed by atoms with Crippen LogP contribution in [0.25, 0.3) is 0 Å². The van der Waals surface area contributed by atoms with Crippen LogP contribution in [-0.2, 0) is 24.3 Å². The molecule has 0 unspecified atom stereocenters. The molecular weight excluding hydrogens is 228 g/mol. The Balaban J connectivity index is 0.000000631. The number of rotatable bonds is 6. The molecule has 0 aliphatic rings. The minimum atomic E-state index is -1.08. The van der Waals surface area contributed by atoms with Crippen LogP contribution in [0.2, 0.25) is 0 Å². The van der Waals surface area contributed by atoms with Crippen molar-refractivity contribution in [3.05, 3.63) is 56.2 Å². The van der Waals surface area contributed by atoms with E-state index in [4.69, 9.17) is 9.90 Å². The molecule has 0 aromatic carbocycles. The Morgan fingerprint density at radius 3 is 2.44 bits per heavy atom. The summed E-state index contributed by atoms with van der Waals surface area (Å²) in [5.74, 6) is 0.153. The number of carboxylic acid groups (broad SMARTS) is 1. The predicted molar refractivity (Wildman–Crippen MR) is 69.6 cm³/mol. The SMILES string of the molecule is C=CCc1n(CC=C)cc[n+]1CC=C.CC(=O)[O-]. The van der Waals surface area contributed by atoms with E-state index in [1.54, 1.807) is 0 Å². The van der Waals surface area contributed by atoms with Gasteiger partial charge in [-0.15, -0.1) is 6.58 Å². The van der Waals surface area contributed by atoms with Crippen LogP contribution in [0, 0.1) is 0 Å². The molecule has 1 rings (SSSR count). The Morgan fingerprint density at radius 2 is 2.00 bits per heavy atom. The van der Waals surface area contributed by atoms with E-state index in [1.165, 1.54) is 5.82 Å². The minimum absolute atomic E-state index is 0.841. The molecule has 0 radical (unpaired) electrons. The summed E-state index contributed by atoms with van der Waals surface area (Å²) in [4.78, 5) is 8.89. The van der Waals surface area contributed by atoms with Gasteiger partial charge >= 0.3 is 0 Å². The zero-order valence-corrected chi connectivity index (χ0v) is 10.8. The van der Waals surface area contributed by atoms with Gasteiger partial charge in [-0.2, -0.15) is 0 Å². The number of carbonyl (C=O) groups is 1. The summed E-state index contributed by atoms with van der Waals surface area (Å²) in [6.45, 7) is 13.9. The van der Waals surface area contributed by atoms with Crippen molar-refractivity contribution in [1.29, 1.82) is 0 Å². The Hall–Kier alpha value is -2.10. The Kier molecular flexibility index (Phi) is 7.94. The summed E-state index contributed by atoms with van der Waals surface area (Å²) in [5, 5.41) is 8.89. The maximum absolute atomic E-state index is 8.89. The highest BCUT2D eigenvalue weighted by molar-refractivity contribution is 5.60. The van der Waals surface area contributed by atoms with E-state index in [0.717, 1.165) is 26.4 Å². The van der Waals surface area contributed by atoms with Gasteiger partial charge in [0.05, 0.1) is 6.42 Å². The maximum Gasteiger partial charge on any atom is 0.260 e. The number of allylic oxidation sites excluding steroid dienone is 3. The highest BCUT2D eigenvalue weighted by Crippen LogP contribution is 1.98. The van der Waals surface area contributed by atoms with Crippen molar-refractivity contribution >= 4 is 5.97 Å². The van der Waals surface area contributed by atoms with Gasteiger partial charge in [0.15, 0.2) is 0 Å². The van der Waals surface area contributed by atoms with Gasteiger partial charge in [0.1, 0.15) is 25.5 Å². The van der Waals surface area contributed by atoms with Crippen molar-refractivity contribution in [2.45, 2.75) is 26.4 Å². The number of hydrogen-bond acceptors (Lipinski definition) is 2. The van der Waals surface area contributed by atoms with E-state index in [0.29, 0.717) is 0 Å². The number of aromatic nitrogens is 2. The molecule has 1 aromatic heterocycles. The fourth-order valence-corrected chi connectivity index (χ4v) is 1.47. The Bertz CT molecular complexity index is 388. The molecule has 0 N–H and O–H groups in total. The van der Waals surface area contributed by atoms with Crippen molar-refractivity contribution in [2.24, 2.45) is 0 Å². The molecule has 0 aliphatic heterocycles. The normalized spacial score (nSPS) is 8.94. The fraction of sp³-hybridized carbons (Fsp3) is 0.286. The molecule has 0 saturated heterocycles. The van der Waals surface area contributed by atoms with Gasteiger partial charge in [-0.3, -0.25) is 0 Å². The summed E-state index contributed by atoms with van der Waals surface area (Å²) < 4.78 is 4.33. The molecule has 0 fully saturated rings. The zero-order valence-electron chi connectivity index (χ0n) is 10.8. The molecule has 0 spiro atoms. The first kappa shape index (κ1) is 15.9. The first-order chi connectivity index (χ1) is 8.56. The molecule has 0 saturated carbocycles. The number of carbonyl (C=O) groups excluding carboxylic acids is 1. The van der Waals surface area contributed by atoms with Gasteiger partial charge in [-0.1, -0.05) is 31.4 Å². The summed E-state index contributed by atoms with van der Waals surface area (Å²) >= 11 is 0. The largest absolute Gasteiger partial charge is 0.550 e. The van der Waals surface area contributed by atoms with Gasteiger partial charge < -0.3 is 9.90 Å².